The Bertz CT molecular complexity index is 1440. The molecule has 0 aliphatic carbocycles. The number of rotatable bonds is 12. The Morgan fingerprint density at radius 3 is 2.15 bits per heavy atom. The van der Waals surface area contributed by atoms with E-state index in [-0.39, 0.29) is 39.1 Å². The quantitative estimate of drug-likeness (QED) is 0.247. The third-order valence-corrected chi connectivity index (χ3v) is 9.17. The number of anilines is 1. The van der Waals surface area contributed by atoms with Gasteiger partial charge < -0.3 is 10.2 Å². The van der Waals surface area contributed by atoms with Crippen molar-refractivity contribution in [3.05, 3.63) is 93.4 Å². The van der Waals surface area contributed by atoms with Crippen LogP contribution in [0.15, 0.2) is 77.7 Å². The van der Waals surface area contributed by atoms with Crippen molar-refractivity contribution >= 4 is 62.3 Å². The lowest BCUT2D eigenvalue weighted by Gasteiger charge is -2.34. The van der Waals surface area contributed by atoms with Crippen molar-refractivity contribution in [3.63, 3.8) is 0 Å². The van der Waals surface area contributed by atoms with Crippen LogP contribution >= 0.6 is 34.8 Å². The molecule has 11 heteroatoms. The lowest BCUT2D eigenvalue weighted by molar-refractivity contribution is -0.140. The summed E-state index contributed by atoms with van der Waals surface area (Å²) < 4.78 is 28.7. The number of carbonyl (C=O) groups is 2. The van der Waals surface area contributed by atoms with Gasteiger partial charge in [-0.1, -0.05) is 85.0 Å². The molecule has 214 valence electrons. The fourth-order valence-electron chi connectivity index (χ4n) is 4.08. The number of benzene rings is 3. The van der Waals surface area contributed by atoms with Crippen LogP contribution in [0.3, 0.4) is 0 Å². The lowest BCUT2D eigenvalue weighted by atomic mass is 10.1. The van der Waals surface area contributed by atoms with Crippen LogP contribution in [-0.4, -0.2) is 43.8 Å². The third-order valence-electron chi connectivity index (χ3n) is 6.47. The smallest absolute Gasteiger partial charge is 0.264 e. The van der Waals surface area contributed by atoms with Gasteiger partial charge in [0.2, 0.25) is 11.8 Å². The maximum absolute atomic E-state index is 14.1. The Kier molecular flexibility index (Phi) is 11.3. The molecule has 0 bridgehead atoms. The van der Waals surface area contributed by atoms with Gasteiger partial charge in [0, 0.05) is 22.6 Å². The molecule has 2 atom stereocenters. The second-order valence-electron chi connectivity index (χ2n) is 9.28. The number of amides is 2. The zero-order valence-electron chi connectivity index (χ0n) is 22.5. The summed E-state index contributed by atoms with van der Waals surface area (Å²) in [6.45, 7) is 4.97. The summed E-state index contributed by atoms with van der Waals surface area (Å²) in [5, 5.41) is 3.69. The predicted octanol–water partition coefficient (Wildman–Crippen LogP) is 6.56. The van der Waals surface area contributed by atoms with E-state index in [1.807, 2.05) is 13.8 Å². The first-order valence-corrected chi connectivity index (χ1v) is 15.4. The lowest BCUT2D eigenvalue weighted by Crippen LogP contribution is -2.53. The molecule has 2 unspecified atom stereocenters. The Morgan fingerprint density at radius 1 is 0.875 bits per heavy atom. The van der Waals surface area contributed by atoms with E-state index in [1.165, 1.54) is 35.2 Å². The summed E-state index contributed by atoms with van der Waals surface area (Å²) in [5.41, 5.74) is 0.659. The van der Waals surface area contributed by atoms with Gasteiger partial charge >= 0.3 is 0 Å². The Balaban J connectivity index is 2.10. The molecule has 0 saturated heterocycles. The largest absolute Gasteiger partial charge is 0.352 e. The Hall–Kier alpha value is -2.78. The van der Waals surface area contributed by atoms with E-state index >= 15 is 0 Å². The van der Waals surface area contributed by atoms with E-state index in [2.05, 4.69) is 5.32 Å². The molecule has 0 aromatic heterocycles. The molecule has 0 aliphatic heterocycles. The molecule has 2 amide bonds. The first kappa shape index (κ1) is 31.7. The van der Waals surface area contributed by atoms with Crippen molar-refractivity contribution in [3.8, 4) is 0 Å². The first-order valence-electron chi connectivity index (χ1n) is 12.9. The molecule has 40 heavy (non-hydrogen) atoms. The second kappa shape index (κ2) is 14.2. The zero-order valence-corrected chi connectivity index (χ0v) is 25.6. The van der Waals surface area contributed by atoms with Gasteiger partial charge in [-0.2, -0.15) is 0 Å². The van der Waals surface area contributed by atoms with Gasteiger partial charge in [-0.3, -0.25) is 13.9 Å². The minimum absolute atomic E-state index is 0.00651. The van der Waals surface area contributed by atoms with Gasteiger partial charge in [0.05, 0.1) is 15.6 Å². The Morgan fingerprint density at radius 2 is 1.52 bits per heavy atom. The molecule has 0 aliphatic rings. The van der Waals surface area contributed by atoms with Crippen LogP contribution in [0.25, 0.3) is 0 Å². The summed E-state index contributed by atoms with van der Waals surface area (Å²) >= 11 is 19.1. The number of sulfonamides is 1. The van der Waals surface area contributed by atoms with E-state index in [0.29, 0.717) is 23.4 Å². The molecule has 3 aromatic carbocycles. The van der Waals surface area contributed by atoms with Crippen LogP contribution < -0.4 is 9.62 Å². The number of nitrogens with zero attached hydrogens (tertiary/aromatic N) is 2. The summed E-state index contributed by atoms with van der Waals surface area (Å²) in [6.07, 6.45) is 0.999. The van der Waals surface area contributed by atoms with E-state index < -0.39 is 28.5 Å². The Labute approximate surface area is 251 Å². The minimum Gasteiger partial charge on any atom is -0.352 e. The van der Waals surface area contributed by atoms with Gasteiger partial charge in [0.15, 0.2) is 0 Å². The van der Waals surface area contributed by atoms with Crippen molar-refractivity contribution < 1.29 is 18.0 Å². The molecular formula is C29H32Cl3N3O4S. The van der Waals surface area contributed by atoms with Gasteiger partial charge in [0.25, 0.3) is 10.0 Å². The molecule has 0 saturated carbocycles. The zero-order chi connectivity index (χ0) is 29.4. The highest BCUT2D eigenvalue weighted by molar-refractivity contribution is 7.92. The monoisotopic (exact) mass is 623 g/mol. The number of hydrogen-bond donors (Lipinski definition) is 1. The molecule has 3 aromatic rings. The number of carbonyl (C=O) groups excluding carboxylic acids is 2. The summed E-state index contributed by atoms with van der Waals surface area (Å²) in [7, 11) is -4.26. The molecule has 1 N–H and O–H groups in total. The minimum atomic E-state index is -4.26. The molecular weight excluding hydrogens is 593 g/mol. The van der Waals surface area contributed by atoms with Crippen molar-refractivity contribution in [2.75, 3.05) is 10.8 Å². The summed E-state index contributed by atoms with van der Waals surface area (Å²) in [4.78, 5) is 28.8. The highest BCUT2D eigenvalue weighted by Gasteiger charge is 2.35. The molecule has 0 spiro atoms. The highest BCUT2D eigenvalue weighted by Crippen LogP contribution is 2.33. The van der Waals surface area contributed by atoms with Gasteiger partial charge in [-0.25, -0.2) is 8.42 Å². The fourth-order valence-corrected chi connectivity index (χ4v) is 6.16. The summed E-state index contributed by atoms with van der Waals surface area (Å²) in [5.74, 6) is -0.947. The van der Waals surface area contributed by atoms with Crippen molar-refractivity contribution in [1.29, 1.82) is 0 Å². The van der Waals surface area contributed by atoms with Crippen molar-refractivity contribution in [2.45, 2.75) is 57.1 Å². The molecule has 0 radical (unpaired) electrons. The molecule has 0 heterocycles. The van der Waals surface area contributed by atoms with Gasteiger partial charge in [-0.05, 0) is 61.7 Å². The summed E-state index contributed by atoms with van der Waals surface area (Å²) in [6, 6.07) is 18.1. The van der Waals surface area contributed by atoms with Crippen LogP contribution in [0, 0.1) is 0 Å². The highest BCUT2D eigenvalue weighted by atomic mass is 35.5. The van der Waals surface area contributed by atoms with E-state index in [4.69, 9.17) is 34.8 Å². The first-order chi connectivity index (χ1) is 19.0. The third kappa shape index (κ3) is 7.69. The molecule has 7 nitrogen and oxygen atoms in total. The number of halogens is 3. The van der Waals surface area contributed by atoms with E-state index in [9.17, 15) is 18.0 Å². The van der Waals surface area contributed by atoms with Gasteiger partial charge in [0.1, 0.15) is 12.6 Å². The molecule has 0 fully saturated rings. The van der Waals surface area contributed by atoms with Crippen LogP contribution in [0.1, 0.15) is 39.2 Å². The maximum atomic E-state index is 14.1. The van der Waals surface area contributed by atoms with Crippen LogP contribution in [0.4, 0.5) is 5.69 Å². The number of nitrogens with one attached hydrogen (secondary N) is 1. The topological polar surface area (TPSA) is 86.8 Å². The average molecular weight is 625 g/mol. The predicted molar refractivity (Wildman–Crippen MR) is 161 cm³/mol. The van der Waals surface area contributed by atoms with Crippen LogP contribution in [0.5, 0.6) is 0 Å². The van der Waals surface area contributed by atoms with Crippen molar-refractivity contribution in [2.24, 2.45) is 0 Å². The van der Waals surface area contributed by atoms with E-state index in [0.717, 1.165) is 4.31 Å². The SMILES string of the molecule is CCC(C)NC(=O)C(CC)N(Cc1ccccc1Cl)C(=O)CN(c1cc(Cl)ccc1Cl)S(=O)(=O)c1ccccc1. The average Bonchev–Trinajstić information content (AvgIpc) is 2.94. The van der Waals surface area contributed by atoms with Gasteiger partial charge in [-0.15, -0.1) is 0 Å². The second-order valence-corrected chi connectivity index (χ2v) is 12.4. The van der Waals surface area contributed by atoms with Crippen molar-refractivity contribution in [1.82, 2.24) is 10.2 Å². The standard InChI is InChI=1S/C29H32Cl3N3O4S/c1-4-20(3)33-29(37)26(5-2)34(18-21-11-9-10-14-24(21)31)28(36)19-35(27-17-22(30)15-16-25(27)32)40(38,39)23-12-7-6-8-13-23/h6-17,20,26H,4-5,18-19H2,1-3H3,(H,33,37). The molecule has 3 rings (SSSR count). The number of hydrogen-bond acceptors (Lipinski definition) is 4. The van der Waals surface area contributed by atoms with Crippen LogP contribution in [0.2, 0.25) is 15.1 Å². The maximum Gasteiger partial charge on any atom is 0.264 e. The van der Waals surface area contributed by atoms with Crippen LogP contribution in [-0.2, 0) is 26.2 Å². The normalized spacial score (nSPS) is 12.8. The van der Waals surface area contributed by atoms with E-state index in [1.54, 1.807) is 49.4 Å². The fraction of sp³-hybridized carbons (Fsp3) is 0.310.